The van der Waals surface area contributed by atoms with E-state index in [4.69, 9.17) is 4.74 Å². The average molecular weight is 596 g/mol. The van der Waals surface area contributed by atoms with Gasteiger partial charge in [-0.1, -0.05) is 18.2 Å². The number of aryl methyl sites for hydroxylation is 1. The molecular weight excluding hydrogens is 562 g/mol. The van der Waals surface area contributed by atoms with Crippen molar-refractivity contribution in [3.63, 3.8) is 0 Å². The lowest BCUT2D eigenvalue weighted by Crippen LogP contribution is -2.60. The van der Waals surface area contributed by atoms with Crippen LogP contribution >= 0.6 is 0 Å². The number of nitrogens with one attached hydrogen (secondary N) is 2. The molecule has 0 bridgehead atoms. The van der Waals surface area contributed by atoms with Gasteiger partial charge in [0.25, 0.3) is 0 Å². The van der Waals surface area contributed by atoms with Crippen LogP contribution in [0.1, 0.15) is 25.7 Å². The number of para-hydroxylation sites is 1. The highest BCUT2D eigenvalue weighted by Crippen LogP contribution is 2.37. The van der Waals surface area contributed by atoms with Crippen molar-refractivity contribution in [3.8, 4) is 17.1 Å². The van der Waals surface area contributed by atoms with Gasteiger partial charge in [0.15, 0.2) is 5.82 Å². The number of amides is 3. The minimum Gasteiger partial charge on any atom is -0.492 e. The van der Waals surface area contributed by atoms with Gasteiger partial charge in [0, 0.05) is 56.3 Å². The van der Waals surface area contributed by atoms with Crippen molar-refractivity contribution in [3.05, 3.63) is 54.9 Å². The summed E-state index contributed by atoms with van der Waals surface area (Å²) in [6.07, 6.45) is 1.72. The van der Waals surface area contributed by atoms with Crippen LogP contribution in [0.2, 0.25) is 0 Å². The van der Waals surface area contributed by atoms with Crippen molar-refractivity contribution < 1.29 is 27.9 Å². The van der Waals surface area contributed by atoms with Crippen LogP contribution in [-0.4, -0.2) is 93.4 Å². The molecule has 6 rings (SSSR count). The second kappa shape index (κ2) is 11.0. The first kappa shape index (κ1) is 28.1. The van der Waals surface area contributed by atoms with Gasteiger partial charge in [-0.15, -0.1) is 0 Å². The van der Waals surface area contributed by atoms with Crippen LogP contribution in [-0.2, 0) is 21.9 Å². The number of aromatic nitrogens is 3. The molecule has 2 saturated heterocycles. The summed E-state index contributed by atoms with van der Waals surface area (Å²) >= 11 is 0. The number of aliphatic hydroxyl groups excluding tert-OH is 1. The minimum absolute atomic E-state index is 0.0139. The lowest BCUT2D eigenvalue weighted by molar-refractivity contribution is -0.127. The normalized spacial score (nSPS) is 23.7. The standard InChI is InChI=1S/C28H33N7O6S/c1-33-25(29-18-30-33)19-7-8-24-23(15-19)41-14-11-28(32-26(37)22-16-21(36)17-35(22)42(24,39)40)9-12-34(13-10-28)27(38)31-20-5-3-2-4-6-20/h2-8,15,18,21-22,36H,9-14,16-17H2,1H3,(H,31,38)(H,32,37)/t21-,22+/m1/s1. The van der Waals surface area contributed by atoms with Crippen LogP contribution in [0.3, 0.4) is 0 Å². The van der Waals surface area contributed by atoms with Gasteiger partial charge >= 0.3 is 6.03 Å². The molecule has 1 spiro atoms. The van der Waals surface area contributed by atoms with Gasteiger partial charge in [-0.2, -0.15) is 9.40 Å². The Kier molecular flexibility index (Phi) is 7.37. The van der Waals surface area contributed by atoms with E-state index < -0.39 is 33.6 Å². The molecule has 3 aliphatic heterocycles. The van der Waals surface area contributed by atoms with Crippen molar-refractivity contribution in [1.29, 1.82) is 0 Å². The van der Waals surface area contributed by atoms with E-state index >= 15 is 0 Å². The first-order valence-electron chi connectivity index (χ1n) is 13.9. The van der Waals surface area contributed by atoms with Crippen molar-refractivity contribution in [2.75, 3.05) is 31.6 Å². The molecule has 3 N–H and O–H groups in total. The van der Waals surface area contributed by atoms with Crippen LogP contribution in [0.25, 0.3) is 11.4 Å². The summed E-state index contributed by atoms with van der Waals surface area (Å²) in [5, 5.41) is 20.6. The molecule has 4 heterocycles. The molecule has 14 heteroatoms. The molecule has 0 radical (unpaired) electrons. The molecule has 3 aromatic rings. The van der Waals surface area contributed by atoms with Gasteiger partial charge in [0.2, 0.25) is 15.9 Å². The average Bonchev–Trinajstić information content (AvgIpc) is 3.59. The van der Waals surface area contributed by atoms with Crippen LogP contribution in [0, 0.1) is 0 Å². The highest BCUT2D eigenvalue weighted by molar-refractivity contribution is 7.89. The van der Waals surface area contributed by atoms with Gasteiger partial charge in [-0.05, 0) is 43.2 Å². The molecule has 3 aliphatic rings. The van der Waals surface area contributed by atoms with Crippen molar-refractivity contribution >= 4 is 27.6 Å². The fourth-order valence-corrected chi connectivity index (χ4v) is 7.70. The number of anilines is 1. The molecule has 2 atom stereocenters. The maximum absolute atomic E-state index is 13.9. The number of carbonyl (C=O) groups is 2. The topological polar surface area (TPSA) is 159 Å². The number of urea groups is 1. The van der Waals surface area contributed by atoms with Crippen LogP contribution in [0.15, 0.2) is 59.8 Å². The number of hydrogen-bond acceptors (Lipinski definition) is 8. The predicted octanol–water partition coefficient (Wildman–Crippen LogP) is 1.57. The number of ether oxygens (including phenoxy) is 1. The molecule has 0 saturated carbocycles. The number of sulfonamides is 1. The Balaban J connectivity index is 1.29. The number of benzene rings is 2. The van der Waals surface area contributed by atoms with Crippen molar-refractivity contribution in [2.24, 2.45) is 7.05 Å². The van der Waals surface area contributed by atoms with E-state index in [1.165, 1.54) is 12.4 Å². The van der Waals surface area contributed by atoms with Gasteiger partial charge in [0.1, 0.15) is 23.0 Å². The lowest BCUT2D eigenvalue weighted by atomic mass is 9.84. The highest BCUT2D eigenvalue weighted by Gasteiger charge is 2.47. The van der Waals surface area contributed by atoms with E-state index in [9.17, 15) is 23.1 Å². The summed E-state index contributed by atoms with van der Waals surface area (Å²) in [4.78, 5) is 32.5. The number of rotatable bonds is 2. The molecule has 2 aromatic carbocycles. The summed E-state index contributed by atoms with van der Waals surface area (Å²) in [5.41, 5.74) is 0.591. The van der Waals surface area contributed by atoms with Gasteiger partial charge in [-0.3, -0.25) is 4.79 Å². The van der Waals surface area contributed by atoms with Gasteiger partial charge in [0.05, 0.1) is 12.7 Å². The fraction of sp³-hybridized carbons (Fsp3) is 0.429. The van der Waals surface area contributed by atoms with Crippen molar-refractivity contribution in [2.45, 2.75) is 48.3 Å². The molecule has 1 aromatic heterocycles. The van der Waals surface area contributed by atoms with Gasteiger partial charge in [-0.25, -0.2) is 22.9 Å². The molecule has 2 fully saturated rings. The molecule has 222 valence electrons. The zero-order valence-corrected chi connectivity index (χ0v) is 24.0. The zero-order valence-electron chi connectivity index (χ0n) is 23.1. The van der Waals surface area contributed by atoms with E-state index in [1.54, 1.807) is 28.8 Å². The maximum atomic E-state index is 13.9. The summed E-state index contributed by atoms with van der Waals surface area (Å²) in [6, 6.07) is 12.6. The fourth-order valence-electron chi connectivity index (χ4n) is 5.95. The first-order chi connectivity index (χ1) is 20.1. The lowest BCUT2D eigenvalue weighted by Gasteiger charge is -2.43. The van der Waals surface area contributed by atoms with E-state index in [-0.39, 0.29) is 36.2 Å². The summed E-state index contributed by atoms with van der Waals surface area (Å²) in [6.45, 7) is 0.711. The SMILES string of the molecule is Cn1ncnc1-c1ccc2c(c1)OCCC1(CCN(C(=O)Nc3ccccc3)CC1)NC(=O)[C@@H]1C[C@@H](O)CN1S2(=O)=O. The number of aliphatic hydroxyl groups is 1. The quantitative estimate of drug-likeness (QED) is 0.403. The van der Waals surface area contributed by atoms with Crippen LogP contribution < -0.4 is 15.4 Å². The Morgan fingerprint density at radius 3 is 2.62 bits per heavy atom. The Morgan fingerprint density at radius 2 is 1.90 bits per heavy atom. The molecule has 0 unspecified atom stereocenters. The van der Waals surface area contributed by atoms with Gasteiger partial charge < -0.3 is 25.4 Å². The smallest absolute Gasteiger partial charge is 0.321 e. The molecule has 3 amide bonds. The van der Waals surface area contributed by atoms with E-state index in [0.717, 1.165) is 4.31 Å². The van der Waals surface area contributed by atoms with E-state index in [0.29, 0.717) is 49.4 Å². The summed E-state index contributed by atoms with van der Waals surface area (Å²) < 4.78 is 36.6. The maximum Gasteiger partial charge on any atom is 0.321 e. The second-order valence-corrected chi connectivity index (χ2v) is 12.9. The number of fused-ring (bicyclic) bond motifs is 2. The first-order valence-corrected chi connectivity index (χ1v) is 15.3. The minimum atomic E-state index is -4.21. The second-order valence-electron chi connectivity index (χ2n) is 11.0. The highest BCUT2D eigenvalue weighted by atomic mass is 32.2. The number of hydrogen-bond donors (Lipinski definition) is 3. The van der Waals surface area contributed by atoms with E-state index in [2.05, 4.69) is 20.7 Å². The van der Waals surface area contributed by atoms with Crippen molar-refractivity contribution in [1.82, 2.24) is 29.3 Å². The number of carbonyl (C=O) groups excluding carboxylic acids is 2. The molecular formula is C28H33N7O6S. The third-order valence-corrected chi connectivity index (χ3v) is 10.2. The third-order valence-electron chi connectivity index (χ3n) is 8.30. The van der Waals surface area contributed by atoms with E-state index in [1.807, 2.05) is 30.3 Å². The Morgan fingerprint density at radius 1 is 1.14 bits per heavy atom. The predicted molar refractivity (Wildman–Crippen MR) is 152 cm³/mol. The number of likely N-dealkylation sites (tertiary alicyclic amines) is 1. The molecule has 13 nitrogen and oxygen atoms in total. The third kappa shape index (κ3) is 5.32. The van der Waals surface area contributed by atoms with Crippen LogP contribution in [0.4, 0.5) is 10.5 Å². The molecule has 42 heavy (non-hydrogen) atoms. The summed E-state index contributed by atoms with van der Waals surface area (Å²) in [5.74, 6) is 0.216. The Hall–Kier alpha value is -4.01. The number of nitrogens with zero attached hydrogens (tertiary/aromatic N) is 5. The number of piperidine rings is 1. The zero-order chi connectivity index (χ0) is 29.5. The largest absolute Gasteiger partial charge is 0.492 e. The molecule has 0 aliphatic carbocycles. The monoisotopic (exact) mass is 595 g/mol. The van der Waals surface area contributed by atoms with Crippen LogP contribution in [0.5, 0.6) is 5.75 Å². The Bertz CT molecular complexity index is 1590. The summed E-state index contributed by atoms with van der Waals surface area (Å²) in [7, 11) is -2.47. The Labute approximate surface area is 243 Å².